The summed E-state index contributed by atoms with van der Waals surface area (Å²) in [6.07, 6.45) is 11.7. The fourth-order valence-electron chi connectivity index (χ4n) is 6.07. The zero-order valence-corrected chi connectivity index (χ0v) is 31.5. The largest absolute Gasteiger partial charge is 0.493 e. The number of carbonyl (C=O) groups is 2. The Kier molecular flexibility index (Phi) is 12.9. The van der Waals surface area contributed by atoms with E-state index in [1.807, 2.05) is 94.5 Å². The van der Waals surface area contributed by atoms with E-state index in [2.05, 4.69) is 20.2 Å². The molecular formula is C40H41CrN6O6+. The van der Waals surface area contributed by atoms with Crippen LogP contribution in [0.5, 0.6) is 5.88 Å². The molecule has 1 aromatic heterocycles. The molecule has 53 heavy (non-hydrogen) atoms. The average Bonchev–Trinajstić information content (AvgIpc) is 3.56. The summed E-state index contributed by atoms with van der Waals surface area (Å²) in [6.45, 7) is 10.9. The molecule has 13 heteroatoms. The maximum atomic E-state index is 11.5. The molecule has 0 bridgehead atoms. The Morgan fingerprint density at radius 1 is 0.849 bits per heavy atom. The number of nitrogens with zero attached hydrogens (tertiary/aromatic N) is 6. The van der Waals surface area contributed by atoms with Crippen LogP contribution in [0.4, 0.5) is 17.1 Å². The monoisotopic (exact) mass is 753 g/mol. The fraction of sp³-hybridized carbons (Fsp3) is 0.225. The van der Waals surface area contributed by atoms with Crippen LogP contribution in [0.1, 0.15) is 73.6 Å². The van der Waals surface area contributed by atoms with E-state index >= 15 is 0 Å². The summed E-state index contributed by atoms with van der Waals surface area (Å²) >= 11 is 0. The molecule has 4 aromatic rings. The Bertz CT molecular complexity index is 2230. The number of aliphatic hydroxyl groups is 1. The van der Waals surface area contributed by atoms with Gasteiger partial charge in [0, 0.05) is 47.0 Å². The Morgan fingerprint density at radius 2 is 1.43 bits per heavy atom. The third kappa shape index (κ3) is 8.95. The summed E-state index contributed by atoms with van der Waals surface area (Å²) in [4.78, 5) is 31.8. The number of benzene rings is 3. The van der Waals surface area contributed by atoms with Gasteiger partial charge < -0.3 is 20.4 Å². The second-order valence-electron chi connectivity index (χ2n) is 12.7. The van der Waals surface area contributed by atoms with Gasteiger partial charge in [-0.25, -0.2) is 14.3 Å². The molecule has 2 unspecified atom stereocenters. The van der Waals surface area contributed by atoms with Gasteiger partial charge in [-0.05, 0) is 87.0 Å². The van der Waals surface area contributed by atoms with Gasteiger partial charge in [-0.15, -0.1) is 0 Å². The molecule has 2 heterocycles. The van der Waals surface area contributed by atoms with Crippen molar-refractivity contribution >= 4 is 53.0 Å². The topological polar surface area (TPSA) is 173 Å². The van der Waals surface area contributed by atoms with Gasteiger partial charge in [-0.1, -0.05) is 54.6 Å². The van der Waals surface area contributed by atoms with Crippen LogP contribution < -0.4 is 0 Å². The third-order valence-electron chi connectivity index (χ3n) is 8.61. The Balaban J connectivity index is 0.000000232. The molecule has 0 saturated carbocycles. The SMILES string of the molecule is CC1=N[N+](c2ccccc2)=C(O)C1C=Nc1c(C)cc(C)cc1C(=O)O.Cc1cc(C)c(N=Cc2c(C)nn(C3C=CC=CC3)c2O)c(C(=O)O)c1.[Cr]. The molecule has 2 aliphatic rings. The van der Waals surface area contributed by atoms with Crippen molar-refractivity contribution in [3.05, 3.63) is 124 Å². The number of aliphatic hydroxyl groups excluding tert-OH is 1. The number of allylic oxidation sites excluding steroid dienone is 4. The van der Waals surface area contributed by atoms with Crippen molar-refractivity contribution in [3.8, 4) is 5.88 Å². The molecule has 0 radical (unpaired) electrons. The third-order valence-corrected chi connectivity index (χ3v) is 8.61. The average molecular weight is 754 g/mol. The fourth-order valence-corrected chi connectivity index (χ4v) is 6.07. The first-order chi connectivity index (χ1) is 24.8. The molecule has 0 spiro atoms. The molecule has 3 aromatic carbocycles. The van der Waals surface area contributed by atoms with E-state index in [4.69, 9.17) is 0 Å². The van der Waals surface area contributed by atoms with Crippen molar-refractivity contribution < 1.29 is 52.1 Å². The van der Waals surface area contributed by atoms with Gasteiger partial charge in [0.2, 0.25) is 11.6 Å². The molecular weight excluding hydrogens is 712 g/mol. The molecule has 1 aliphatic heterocycles. The standard InChI is InChI=1S/C20H21N3O3.C20H19N3O3.Cr/c2*1-12-9-13(2)18(16(10-12)20(25)26)21-11-17-14(3)22-23(19(17)24)15-7-5-4-6-8-15;/h4-7,9-11,15,24H,8H2,1-3H3,(H,25,26);4-11,17H,1-3H3,(H,25,26);/p+1. The van der Waals surface area contributed by atoms with Gasteiger partial charge >= 0.3 is 17.8 Å². The first kappa shape index (κ1) is 39.9. The number of para-hydroxylation sites is 1. The van der Waals surface area contributed by atoms with Crippen molar-refractivity contribution in [1.82, 2.24) is 9.78 Å². The minimum absolute atomic E-state index is 0. The predicted molar refractivity (Wildman–Crippen MR) is 202 cm³/mol. The van der Waals surface area contributed by atoms with E-state index in [9.17, 15) is 30.0 Å². The first-order valence-electron chi connectivity index (χ1n) is 16.6. The maximum absolute atomic E-state index is 11.5. The van der Waals surface area contributed by atoms with Gasteiger partial charge in [0.05, 0.1) is 39.8 Å². The molecule has 6 rings (SSSR count). The zero-order chi connectivity index (χ0) is 37.7. The second kappa shape index (κ2) is 17.1. The number of aromatic carboxylic acids is 2. The molecule has 272 valence electrons. The van der Waals surface area contributed by atoms with Crippen LogP contribution in [0, 0.1) is 40.5 Å². The van der Waals surface area contributed by atoms with Crippen LogP contribution in [0.15, 0.2) is 94.0 Å². The number of rotatable bonds is 8. The first-order valence-corrected chi connectivity index (χ1v) is 16.6. The second-order valence-corrected chi connectivity index (χ2v) is 12.7. The molecule has 0 amide bonds. The Morgan fingerprint density at radius 3 is 1.98 bits per heavy atom. The molecule has 1 aliphatic carbocycles. The van der Waals surface area contributed by atoms with Crippen molar-refractivity contribution in [1.29, 1.82) is 0 Å². The summed E-state index contributed by atoms with van der Waals surface area (Å²) in [5, 5.41) is 48.8. The zero-order valence-electron chi connectivity index (χ0n) is 30.2. The van der Waals surface area contributed by atoms with E-state index in [1.165, 1.54) is 10.9 Å². The minimum Gasteiger partial charge on any atom is -0.493 e. The van der Waals surface area contributed by atoms with Crippen LogP contribution in [-0.2, 0) is 17.4 Å². The van der Waals surface area contributed by atoms with Crippen molar-refractivity contribution in [2.45, 2.75) is 54.0 Å². The van der Waals surface area contributed by atoms with Crippen LogP contribution in [0.25, 0.3) is 0 Å². The number of carboxylic acid groups (broad SMARTS) is 2. The minimum atomic E-state index is -1.03. The van der Waals surface area contributed by atoms with Crippen LogP contribution in [0.2, 0.25) is 0 Å². The number of hydrogen-bond acceptors (Lipinski definition) is 7. The van der Waals surface area contributed by atoms with Gasteiger partial charge in [0.1, 0.15) is 5.71 Å². The molecule has 0 saturated heterocycles. The molecule has 0 fully saturated rings. The van der Waals surface area contributed by atoms with E-state index in [0.29, 0.717) is 28.3 Å². The Labute approximate surface area is 318 Å². The molecule has 4 N–H and O–H groups in total. The normalized spacial score (nSPS) is 16.5. The summed E-state index contributed by atoms with van der Waals surface area (Å²) in [5.74, 6) is -2.49. The number of aryl methyl sites for hydroxylation is 5. The quantitative estimate of drug-likeness (QED) is 0.104. The number of carboxylic acids is 2. The number of aliphatic imine (C=N–C) groups is 2. The van der Waals surface area contributed by atoms with Gasteiger partial charge in [-0.3, -0.25) is 9.98 Å². The number of hydrazone groups is 1. The van der Waals surface area contributed by atoms with Gasteiger partial charge in [0.15, 0.2) is 5.92 Å². The van der Waals surface area contributed by atoms with E-state index < -0.39 is 17.9 Å². The summed E-state index contributed by atoms with van der Waals surface area (Å²) < 4.78 is 3.03. The van der Waals surface area contributed by atoms with Gasteiger partial charge in [0.25, 0.3) is 0 Å². The van der Waals surface area contributed by atoms with Crippen molar-refractivity contribution in [2.24, 2.45) is 21.0 Å². The summed E-state index contributed by atoms with van der Waals surface area (Å²) in [5.41, 5.74) is 6.88. The molecule has 12 nitrogen and oxygen atoms in total. The van der Waals surface area contributed by atoms with Gasteiger partial charge in [-0.2, -0.15) is 5.10 Å². The maximum Gasteiger partial charge on any atom is 0.385 e. The van der Waals surface area contributed by atoms with Crippen LogP contribution in [-0.4, -0.2) is 70.9 Å². The summed E-state index contributed by atoms with van der Waals surface area (Å²) in [7, 11) is 0. The van der Waals surface area contributed by atoms with Crippen molar-refractivity contribution in [3.63, 3.8) is 0 Å². The number of aromatic hydroxyl groups is 1. The van der Waals surface area contributed by atoms with E-state index in [1.54, 1.807) is 36.9 Å². The smallest absolute Gasteiger partial charge is 0.385 e. The van der Waals surface area contributed by atoms with Crippen LogP contribution >= 0.6 is 0 Å². The van der Waals surface area contributed by atoms with E-state index in [0.717, 1.165) is 34.4 Å². The van der Waals surface area contributed by atoms with Crippen molar-refractivity contribution in [2.75, 3.05) is 0 Å². The van der Waals surface area contributed by atoms with Crippen LogP contribution in [0.3, 0.4) is 0 Å². The number of aromatic nitrogens is 2. The Hall–Kier alpha value is -5.90. The molecule has 2 atom stereocenters. The summed E-state index contributed by atoms with van der Waals surface area (Å²) in [6, 6.07) is 16.2. The predicted octanol–water partition coefficient (Wildman–Crippen LogP) is 8.03. The van der Waals surface area contributed by atoms with E-state index in [-0.39, 0.29) is 46.3 Å². The number of hydrogen-bond donors (Lipinski definition) is 4.